The summed E-state index contributed by atoms with van der Waals surface area (Å²) in [5.74, 6) is -0.582. The molecule has 0 aliphatic carbocycles. The first-order valence-corrected chi connectivity index (χ1v) is 12.6. The van der Waals surface area contributed by atoms with Crippen LogP contribution in [-0.2, 0) is 0 Å². The normalized spacial score (nSPS) is 20.7. The third kappa shape index (κ3) is 5.81. The van der Waals surface area contributed by atoms with Crippen LogP contribution >= 0.6 is 0 Å². The number of carbonyl (C=O) groups excluding carboxylic acids is 2. The highest BCUT2D eigenvalue weighted by atomic mass is 16.2. The number of nitrogens with zero attached hydrogens (tertiary/aromatic N) is 5. The van der Waals surface area contributed by atoms with Crippen LogP contribution in [0.4, 0.5) is 27.5 Å². The van der Waals surface area contributed by atoms with Crippen LogP contribution in [0.15, 0.2) is 36.5 Å². The number of carbonyl (C=O) groups is 2. The van der Waals surface area contributed by atoms with Gasteiger partial charge in [0.25, 0.3) is 5.91 Å². The molecule has 0 spiro atoms. The molecule has 3 amide bonds. The number of anilines is 4. The number of amides is 3. The van der Waals surface area contributed by atoms with Gasteiger partial charge in [-0.05, 0) is 57.1 Å². The van der Waals surface area contributed by atoms with Gasteiger partial charge in [-0.25, -0.2) is 9.78 Å². The molecule has 2 aliphatic rings. The van der Waals surface area contributed by atoms with Crippen molar-refractivity contribution in [2.45, 2.75) is 31.8 Å². The lowest BCUT2D eigenvalue weighted by Gasteiger charge is -2.41. The molecule has 2 saturated heterocycles. The molecule has 2 atom stereocenters. The van der Waals surface area contributed by atoms with E-state index in [-0.39, 0.29) is 23.8 Å². The molecule has 0 unspecified atom stereocenters. The number of urea groups is 1. The molecule has 0 saturated carbocycles. The Balaban J connectivity index is 1.52. The summed E-state index contributed by atoms with van der Waals surface area (Å²) in [6, 6.07) is 10.1. The second-order valence-corrected chi connectivity index (χ2v) is 9.94. The number of pyridine rings is 1. The van der Waals surface area contributed by atoms with Crippen LogP contribution in [0.2, 0.25) is 0 Å². The topological polar surface area (TPSA) is 110 Å². The second kappa shape index (κ2) is 11.0. The number of rotatable bonds is 6. The fourth-order valence-electron chi connectivity index (χ4n) is 4.87. The monoisotopic (exact) mass is 494 g/mol. The van der Waals surface area contributed by atoms with E-state index in [4.69, 9.17) is 5.73 Å². The molecule has 1 aromatic heterocycles. The zero-order chi connectivity index (χ0) is 25.8. The van der Waals surface area contributed by atoms with Crippen molar-refractivity contribution in [3.63, 3.8) is 0 Å². The predicted molar refractivity (Wildman–Crippen MR) is 144 cm³/mol. The van der Waals surface area contributed by atoms with Gasteiger partial charge < -0.3 is 36.0 Å². The minimum atomic E-state index is -0.582. The summed E-state index contributed by atoms with van der Waals surface area (Å²) in [4.78, 5) is 37.3. The van der Waals surface area contributed by atoms with E-state index in [9.17, 15) is 9.59 Å². The molecule has 3 heterocycles. The second-order valence-electron chi connectivity index (χ2n) is 9.94. The summed E-state index contributed by atoms with van der Waals surface area (Å²) in [6.07, 6.45) is 3.54. The number of nitrogens with one attached hydrogen (secondary N) is 2. The van der Waals surface area contributed by atoms with Crippen LogP contribution in [0.1, 0.15) is 30.3 Å². The van der Waals surface area contributed by atoms with Crippen molar-refractivity contribution in [1.29, 1.82) is 0 Å². The van der Waals surface area contributed by atoms with Crippen LogP contribution in [0.5, 0.6) is 0 Å². The van der Waals surface area contributed by atoms with Crippen LogP contribution < -0.4 is 26.2 Å². The molecule has 0 radical (unpaired) electrons. The lowest BCUT2D eigenvalue weighted by Crippen LogP contribution is -2.55. The van der Waals surface area contributed by atoms with E-state index >= 15 is 0 Å². The maximum atomic E-state index is 12.2. The van der Waals surface area contributed by atoms with Gasteiger partial charge in [-0.1, -0.05) is 0 Å². The van der Waals surface area contributed by atoms with E-state index in [1.807, 2.05) is 18.2 Å². The van der Waals surface area contributed by atoms with Crippen LogP contribution in [0, 0.1) is 0 Å². The summed E-state index contributed by atoms with van der Waals surface area (Å²) in [5.41, 5.74) is 9.34. The number of likely N-dealkylation sites (N-methyl/N-ethyl adjacent to an activating group) is 1. The van der Waals surface area contributed by atoms with Crippen LogP contribution in [0.3, 0.4) is 0 Å². The SMILES string of the molecule is C[C@@H]1[C@H](NC(=O)N(C)C)CCCN1c1cnc(C(N)=O)c(Nc2ccc(N3CCN(C)CC3)cc2)c1. The van der Waals surface area contributed by atoms with Gasteiger partial charge in [0.2, 0.25) is 0 Å². The molecule has 2 fully saturated rings. The Bertz CT molecular complexity index is 1070. The number of hydrogen-bond donors (Lipinski definition) is 3. The van der Waals surface area contributed by atoms with Gasteiger partial charge in [0.05, 0.1) is 23.6 Å². The highest BCUT2D eigenvalue weighted by Gasteiger charge is 2.30. The van der Waals surface area contributed by atoms with Crippen LogP contribution in [0.25, 0.3) is 0 Å². The van der Waals surface area contributed by atoms with E-state index in [0.29, 0.717) is 5.69 Å². The zero-order valence-electron chi connectivity index (χ0n) is 21.7. The summed E-state index contributed by atoms with van der Waals surface area (Å²) in [7, 11) is 5.62. The van der Waals surface area contributed by atoms with Gasteiger partial charge in [0, 0.05) is 64.2 Å². The molecule has 10 nitrogen and oxygen atoms in total. The quantitative estimate of drug-likeness (QED) is 0.565. The number of piperidine rings is 1. The average Bonchev–Trinajstić information content (AvgIpc) is 2.86. The van der Waals surface area contributed by atoms with E-state index in [1.165, 1.54) is 5.69 Å². The number of aromatic nitrogens is 1. The number of hydrogen-bond acceptors (Lipinski definition) is 7. The predicted octanol–water partition coefficient (Wildman–Crippen LogP) is 2.30. The fraction of sp³-hybridized carbons (Fsp3) is 0.500. The van der Waals surface area contributed by atoms with Crippen molar-refractivity contribution in [2.75, 3.05) is 69.0 Å². The molecular weight excluding hydrogens is 456 g/mol. The Kier molecular flexibility index (Phi) is 7.83. The Morgan fingerprint density at radius 3 is 2.39 bits per heavy atom. The van der Waals surface area contributed by atoms with E-state index in [1.54, 1.807) is 25.2 Å². The Morgan fingerprint density at radius 1 is 1.06 bits per heavy atom. The summed E-state index contributed by atoms with van der Waals surface area (Å²) < 4.78 is 0. The molecule has 0 bridgehead atoms. The third-order valence-corrected chi connectivity index (χ3v) is 7.16. The van der Waals surface area contributed by atoms with Crippen LogP contribution in [-0.4, -0.2) is 92.7 Å². The molecule has 4 N–H and O–H groups in total. The molecule has 36 heavy (non-hydrogen) atoms. The van der Waals surface area contributed by atoms with Gasteiger partial charge in [0.1, 0.15) is 0 Å². The lowest BCUT2D eigenvalue weighted by atomic mass is 9.97. The van der Waals surface area contributed by atoms with Crippen molar-refractivity contribution in [3.8, 4) is 0 Å². The molecule has 2 aliphatic heterocycles. The number of nitrogens with two attached hydrogens (primary N) is 1. The number of primary amides is 1. The molecular formula is C26H38N8O2. The Hall–Kier alpha value is -3.53. The molecule has 2 aromatic rings. The molecule has 1 aromatic carbocycles. The van der Waals surface area contributed by atoms with Gasteiger partial charge in [-0.15, -0.1) is 0 Å². The highest BCUT2D eigenvalue weighted by Crippen LogP contribution is 2.30. The van der Waals surface area contributed by atoms with Crippen molar-refractivity contribution in [3.05, 3.63) is 42.2 Å². The average molecular weight is 495 g/mol. The first-order valence-electron chi connectivity index (χ1n) is 12.6. The number of piperazine rings is 1. The Morgan fingerprint density at radius 2 is 1.75 bits per heavy atom. The Labute approximate surface area is 213 Å². The minimum Gasteiger partial charge on any atom is -0.369 e. The number of benzene rings is 1. The first-order chi connectivity index (χ1) is 17.2. The minimum absolute atomic E-state index is 0.0167. The van der Waals surface area contributed by atoms with E-state index in [0.717, 1.165) is 56.9 Å². The van der Waals surface area contributed by atoms with E-state index in [2.05, 4.69) is 56.4 Å². The first kappa shape index (κ1) is 25.6. The van der Waals surface area contributed by atoms with Crippen molar-refractivity contribution in [1.82, 2.24) is 20.1 Å². The highest BCUT2D eigenvalue weighted by molar-refractivity contribution is 5.97. The van der Waals surface area contributed by atoms with Gasteiger partial charge in [-0.2, -0.15) is 0 Å². The summed E-state index contributed by atoms with van der Waals surface area (Å²) in [6.45, 7) is 7.05. The zero-order valence-corrected chi connectivity index (χ0v) is 21.7. The maximum Gasteiger partial charge on any atom is 0.317 e. The van der Waals surface area contributed by atoms with E-state index < -0.39 is 5.91 Å². The van der Waals surface area contributed by atoms with Crippen molar-refractivity contribution in [2.24, 2.45) is 5.73 Å². The van der Waals surface area contributed by atoms with Gasteiger partial charge >= 0.3 is 6.03 Å². The molecule has 194 valence electrons. The third-order valence-electron chi connectivity index (χ3n) is 7.16. The van der Waals surface area contributed by atoms with Crippen molar-refractivity contribution >= 4 is 34.7 Å². The summed E-state index contributed by atoms with van der Waals surface area (Å²) in [5, 5.41) is 6.47. The lowest BCUT2D eigenvalue weighted by molar-refractivity contribution is 0.0996. The maximum absolute atomic E-state index is 12.2. The summed E-state index contributed by atoms with van der Waals surface area (Å²) >= 11 is 0. The molecule has 4 rings (SSSR count). The standard InChI is InChI=1S/C26H38N8O2/c1-18-22(30-26(36)31(2)3)6-5-11-34(18)21-16-23(24(25(27)35)28-17-21)29-19-7-9-20(10-8-19)33-14-12-32(4)13-15-33/h7-10,16-18,22,29H,5-6,11-15H2,1-4H3,(H2,27,35)(H,30,36)/t18-,22-/m1/s1. The largest absolute Gasteiger partial charge is 0.369 e. The molecule has 10 heteroatoms. The smallest absolute Gasteiger partial charge is 0.317 e. The van der Waals surface area contributed by atoms with Gasteiger partial charge in [0.15, 0.2) is 5.69 Å². The van der Waals surface area contributed by atoms with Crippen molar-refractivity contribution < 1.29 is 9.59 Å². The fourth-order valence-corrected chi connectivity index (χ4v) is 4.87. The van der Waals surface area contributed by atoms with Gasteiger partial charge in [-0.3, -0.25) is 4.79 Å².